The summed E-state index contributed by atoms with van der Waals surface area (Å²) in [5.41, 5.74) is 1.94. The van der Waals surface area contributed by atoms with E-state index in [-0.39, 0.29) is 11.4 Å². The van der Waals surface area contributed by atoms with Crippen molar-refractivity contribution in [3.8, 4) is 11.3 Å². The Morgan fingerprint density at radius 3 is 2.67 bits per heavy atom. The summed E-state index contributed by atoms with van der Waals surface area (Å²) in [6.45, 7) is 2.80. The second-order valence-corrected chi connectivity index (χ2v) is 5.02. The van der Waals surface area contributed by atoms with E-state index in [1.165, 1.54) is 12.1 Å². The van der Waals surface area contributed by atoms with Gasteiger partial charge >= 0.3 is 0 Å². The molecule has 0 unspecified atom stereocenters. The smallest absolute Gasteiger partial charge is 0.276 e. The molecule has 1 aromatic carbocycles. The van der Waals surface area contributed by atoms with Gasteiger partial charge in [0.15, 0.2) is 0 Å². The molecule has 0 radical (unpaired) electrons. The summed E-state index contributed by atoms with van der Waals surface area (Å²) in [5.74, 6) is -0.288. The number of nitrogens with zero attached hydrogens (tertiary/aromatic N) is 3. The zero-order valence-electron chi connectivity index (χ0n) is 11.8. The van der Waals surface area contributed by atoms with Crippen molar-refractivity contribution >= 4 is 5.52 Å². The Bertz CT molecular complexity index is 818. The Morgan fingerprint density at radius 1 is 1.19 bits per heavy atom. The molecule has 0 aliphatic heterocycles. The van der Waals surface area contributed by atoms with Gasteiger partial charge in [0.25, 0.3) is 5.56 Å². The standard InChI is InChI=1S/C16H16FN3O/c1-2-3-8-19-9-10-20-15(16(19)21)11-14(18-20)12-4-6-13(17)7-5-12/h4-7,9-11H,2-3,8H2,1H3. The van der Waals surface area contributed by atoms with Gasteiger partial charge in [-0.15, -0.1) is 0 Å². The van der Waals surface area contributed by atoms with E-state index in [0.717, 1.165) is 18.4 Å². The van der Waals surface area contributed by atoms with Crippen molar-refractivity contribution < 1.29 is 4.39 Å². The third-order valence-electron chi connectivity index (χ3n) is 3.50. The maximum atomic E-state index is 13.0. The fourth-order valence-electron chi connectivity index (χ4n) is 2.29. The van der Waals surface area contributed by atoms with Gasteiger partial charge in [0.05, 0.1) is 5.69 Å². The van der Waals surface area contributed by atoms with Gasteiger partial charge in [-0.25, -0.2) is 8.91 Å². The maximum Gasteiger partial charge on any atom is 0.276 e. The predicted octanol–water partition coefficient (Wildman–Crippen LogP) is 3.10. The quantitative estimate of drug-likeness (QED) is 0.739. The molecule has 5 heteroatoms. The number of hydrogen-bond donors (Lipinski definition) is 0. The number of hydrogen-bond acceptors (Lipinski definition) is 2. The highest BCUT2D eigenvalue weighted by Gasteiger charge is 2.09. The van der Waals surface area contributed by atoms with Gasteiger partial charge in [0, 0.05) is 24.5 Å². The molecular formula is C16H16FN3O. The normalized spacial score (nSPS) is 11.1. The van der Waals surface area contributed by atoms with Gasteiger partial charge in [0.2, 0.25) is 0 Å². The largest absolute Gasteiger partial charge is 0.312 e. The fourth-order valence-corrected chi connectivity index (χ4v) is 2.29. The third-order valence-corrected chi connectivity index (χ3v) is 3.50. The van der Waals surface area contributed by atoms with Crippen LogP contribution in [0.5, 0.6) is 0 Å². The first kappa shape index (κ1) is 13.5. The van der Waals surface area contributed by atoms with E-state index >= 15 is 0 Å². The second-order valence-electron chi connectivity index (χ2n) is 5.02. The predicted molar refractivity (Wildman–Crippen MR) is 79.8 cm³/mol. The summed E-state index contributed by atoms with van der Waals surface area (Å²) in [6, 6.07) is 7.84. The summed E-state index contributed by atoms with van der Waals surface area (Å²) >= 11 is 0. The minimum absolute atomic E-state index is 0.0492. The minimum Gasteiger partial charge on any atom is -0.312 e. The van der Waals surface area contributed by atoms with Crippen LogP contribution in [0.25, 0.3) is 16.8 Å². The highest BCUT2D eigenvalue weighted by molar-refractivity contribution is 5.65. The lowest BCUT2D eigenvalue weighted by Gasteiger charge is -2.03. The van der Waals surface area contributed by atoms with Crippen LogP contribution in [-0.2, 0) is 6.54 Å². The molecule has 3 rings (SSSR count). The molecular weight excluding hydrogens is 269 g/mol. The molecule has 0 aliphatic carbocycles. The summed E-state index contributed by atoms with van der Waals surface area (Å²) in [4.78, 5) is 12.4. The topological polar surface area (TPSA) is 39.3 Å². The Morgan fingerprint density at radius 2 is 1.95 bits per heavy atom. The van der Waals surface area contributed by atoms with E-state index in [9.17, 15) is 9.18 Å². The van der Waals surface area contributed by atoms with Crippen molar-refractivity contribution in [3.63, 3.8) is 0 Å². The molecule has 0 saturated heterocycles. The van der Waals surface area contributed by atoms with Crippen LogP contribution in [0.15, 0.2) is 47.5 Å². The van der Waals surface area contributed by atoms with Crippen LogP contribution in [0.2, 0.25) is 0 Å². The lowest BCUT2D eigenvalue weighted by Crippen LogP contribution is -2.21. The van der Waals surface area contributed by atoms with Gasteiger partial charge < -0.3 is 4.57 Å². The van der Waals surface area contributed by atoms with Crippen molar-refractivity contribution in [2.75, 3.05) is 0 Å². The lowest BCUT2D eigenvalue weighted by atomic mass is 10.1. The van der Waals surface area contributed by atoms with Crippen LogP contribution in [0.3, 0.4) is 0 Å². The molecule has 0 spiro atoms. The van der Waals surface area contributed by atoms with Gasteiger partial charge in [0.1, 0.15) is 11.3 Å². The van der Waals surface area contributed by atoms with Crippen LogP contribution in [0.1, 0.15) is 19.8 Å². The highest BCUT2D eigenvalue weighted by Crippen LogP contribution is 2.18. The summed E-state index contributed by atoms with van der Waals surface area (Å²) in [5, 5.41) is 4.38. The molecule has 0 atom stereocenters. The molecule has 2 heterocycles. The first-order valence-corrected chi connectivity index (χ1v) is 7.04. The van der Waals surface area contributed by atoms with Crippen molar-refractivity contribution in [2.45, 2.75) is 26.3 Å². The van der Waals surface area contributed by atoms with E-state index in [4.69, 9.17) is 0 Å². The Kier molecular flexibility index (Phi) is 3.56. The lowest BCUT2D eigenvalue weighted by molar-refractivity contribution is 0.609. The van der Waals surface area contributed by atoms with Crippen LogP contribution in [0, 0.1) is 5.82 Å². The van der Waals surface area contributed by atoms with Gasteiger partial charge in [-0.2, -0.15) is 5.10 Å². The number of benzene rings is 1. The number of unbranched alkanes of at least 4 members (excludes halogenated alkanes) is 1. The molecule has 0 N–H and O–H groups in total. The van der Waals surface area contributed by atoms with E-state index < -0.39 is 0 Å². The molecule has 0 saturated carbocycles. The van der Waals surface area contributed by atoms with Crippen LogP contribution >= 0.6 is 0 Å². The van der Waals surface area contributed by atoms with Crippen molar-refractivity contribution in [1.29, 1.82) is 0 Å². The number of aryl methyl sites for hydroxylation is 1. The monoisotopic (exact) mass is 285 g/mol. The molecule has 108 valence electrons. The van der Waals surface area contributed by atoms with E-state index in [0.29, 0.717) is 17.8 Å². The van der Waals surface area contributed by atoms with E-state index in [1.807, 2.05) is 0 Å². The van der Waals surface area contributed by atoms with Gasteiger partial charge in [-0.1, -0.05) is 13.3 Å². The van der Waals surface area contributed by atoms with Crippen molar-refractivity contribution in [2.24, 2.45) is 0 Å². The summed E-state index contributed by atoms with van der Waals surface area (Å²) in [7, 11) is 0. The zero-order valence-corrected chi connectivity index (χ0v) is 11.8. The molecule has 0 aliphatic rings. The van der Waals surface area contributed by atoms with Crippen LogP contribution < -0.4 is 5.56 Å². The molecule has 0 fully saturated rings. The summed E-state index contributed by atoms with van der Waals surface area (Å²) < 4.78 is 16.2. The maximum absolute atomic E-state index is 13.0. The van der Waals surface area contributed by atoms with Crippen molar-refractivity contribution in [1.82, 2.24) is 14.2 Å². The SMILES string of the molecule is CCCCn1ccn2nc(-c3ccc(F)cc3)cc2c1=O. The number of aromatic nitrogens is 3. The number of fused-ring (bicyclic) bond motifs is 1. The molecule has 2 aromatic heterocycles. The minimum atomic E-state index is -0.288. The average molecular weight is 285 g/mol. The number of rotatable bonds is 4. The average Bonchev–Trinajstić information content (AvgIpc) is 2.92. The Hall–Kier alpha value is -2.43. The molecule has 0 amide bonds. The van der Waals surface area contributed by atoms with E-state index in [2.05, 4.69) is 12.0 Å². The second kappa shape index (κ2) is 5.52. The molecule has 21 heavy (non-hydrogen) atoms. The van der Waals surface area contributed by atoms with Crippen LogP contribution in [0.4, 0.5) is 4.39 Å². The Labute approximate surface area is 121 Å². The fraction of sp³-hybridized carbons (Fsp3) is 0.250. The van der Waals surface area contributed by atoms with Crippen molar-refractivity contribution in [3.05, 3.63) is 58.9 Å². The van der Waals surface area contributed by atoms with Gasteiger partial charge in [-0.05, 0) is 36.8 Å². The highest BCUT2D eigenvalue weighted by atomic mass is 19.1. The van der Waals surface area contributed by atoms with Gasteiger partial charge in [-0.3, -0.25) is 4.79 Å². The van der Waals surface area contributed by atoms with E-state index in [1.54, 1.807) is 39.7 Å². The molecule has 0 bridgehead atoms. The third kappa shape index (κ3) is 2.59. The number of halogens is 1. The first-order chi connectivity index (χ1) is 10.2. The zero-order chi connectivity index (χ0) is 14.8. The summed E-state index contributed by atoms with van der Waals surface area (Å²) in [6.07, 6.45) is 5.54. The molecule has 4 nitrogen and oxygen atoms in total. The first-order valence-electron chi connectivity index (χ1n) is 7.04. The Balaban J connectivity index is 2.05. The van der Waals surface area contributed by atoms with Crippen LogP contribution in [-0.4, -0.2) is 14.2 Å². The molecule has 3 aromatic rings.